The van der Waals surface area contributed by atoms with Gasteiger partial charge < -0.3 is 11.5 Å². The number of carbonyl (C=O) groups is 2. The molecule has 4 N–H and O–H groups in total. The van der Waals surface area contributed by atoms with Crippen LogP contribution in [0.4, 0.5) is 0 Å². The lowest BCUT2D eigenvalue weighted by Gasteiger charge is -2.16. The Kier molecular flexibility index (Phi) is 4.33. The van der Waals surface area contributed by atoms with Gasteiger partial charge in [-0.1, -0.05) is 20.3 Å². The van der Waals surface area contributed by atoms with Crippen molar-refractivity contribution < 1.29 is 9.59 Å². The van der Waals surface area contributed by atoms with Crippen molar-refractivity contribution in [2.45, 2.75) is 26.7 Å². The van der Waals surface area contributed by atoms with E-state index >= 15 is 0 Å². The van der Waals surface area contributed by atoms with Crippen molar-refractivity contribution in [3.8, 4) is 0 Å². The van der Waals surface area contributed by atoms with E-state index in [2.05, 4.69) is 0 Å². The Labute approximate surface area is 72.3 Å². The van der Waals surface area contributed by atoms with Crippen LogP contribution in [0, 0.1) is 11.8 Å². The molecule has 70 valence electrons. The van der Waals surface area contributed by atoms with Gasteiger partial charge in [-0.05, 0) is 6.42 Å². The van der Waals surface area contributed by atoms with E-state index in [9.17, 15) is 9.59 Å². The number of hydrogen-bond donors (Lipinski definition) is 2. The highest BCUT2D eigenvalue weighted by atomic mass is 16.2. The zero-order chi connectivity index (χ0) is 9.72. The van der Waals surface area contributed by atoms with Crippen LogP contribution in [0.15, 0.2) is 0 Å². The Morgan fingerprint density at radius 1 is 1.25 bits per heavy atom. The van der Waals surface area contributed by atoms with E-state index in [0.717, 1.165) is 6.42 Å². The summed E-state index contributed by atoms with van der Waals surface area (Å²) in [5.74, 6) is -1.77. The molecule has 2 atom stereocenters. The first-order chi connectivity index (χ1) is 5.50. The molecule has 12 heavy (non-hydrogen) atoms. The third-order valence-corrected chi connectivity index (χ3v) is 2.02. The summed E-state index contributed by atoms with van der Waals surface area (Å²) in [7, 11) is 0. The Morgan fingerprint density at radius 2 is 1.75 bits per heavy atom. The van der Waals surface area contributed by atoms with Gasteiger partial charge in [-0.25, -0.2) is 0 Å². The van der Waals surface area contributed by atoms with Crippen molar-refractivity contribution in [2.24, 2.45) is 23.3 Å². The van der Waals surface area contributed by atoms with Gasteiger partial charge in [0.1, 0.15) is 0 Å². The van der Waals surface area contributed by atoms with E-state index in [0.29, 0.717) is 6.42 Å². The maximum atomic E-state index is 10.8. The largest absolute Gasteiger partial charge is 0.369 e. The zero-order valence-electron chi connectivity index (χ0n) is 7.54. The second-order valence-electron chi connectivity index (χ2n) is 2.99. The molecule has 0 radical (unpaired) electrons. The van der Waals surface area contributed by atoms with Gasteiger partial charge >= 0.3 is 0 Å². The van der Waals surface area contributed by atoms with E-state index in [1.807, 2.05) is 6.92 Å². The smallest absolute Gasteiger partial charge is 0.221 e. The SMILES string of the molecule is CCCC(C(N)=O)C(C)C(N)=O. The molecule has 4 nitrogen and oxygen atoms in total. The lowest BCUT2D eigenvalue weighted by atomic mass is 9.89. The summed E-state index contributed by atoms with van der Waals surface area (Å²) >= 11 is 0. The molecule has 0 saturated heterocycles. The van der Waals surface area contributed by atoms with Crippen molar-refractivity contribution >= 4 is 11.8 Å². The molecule has 0 fully saturated rings. The van der Waals surface area contributed by atoms with Gasteiger partial charge in [-0.3, -0.25) is 9.59 Å². The highest BCUT2D eigenvalue weighted by Gasteiger charge is 2.25. The maximum absolute atomic E-state index is 10.8. The van der Waals surface area contributed by atoms with Crippen LogP contribution in [-0.4, -0.2) is 11.8 Å². The normalized spacial score (nSPS) is 15.2. The highest BCUT2D eigenvalue weighted by Crippen LogP contribution is 2.16. The molecule has 0 aromatic rings. The lowest BCUT2D eigenvalue weighted by molar-refractivity contribution is -0.131. The van der Waals surface area contributed by atoms with Gasteiger partial charge in [-0.15, -0.1) is 0 Å². The molecule has 0 bridgehead atoms. The third kappa shape index (κ3) is 2.90. The fraction of sp³-hybridized carbons (Fsp3) is 0.750. The molecule has 0 aliphatic heterocycles. The van der Waals surface area contributed by atoms with E-state index in [-0.39, 0.29) is 0 Å². The number of amides is 2. The van der Waals surface area contributed by atoms with Crippen LogP contribution in [0.25, 0.3) is 0 Å². The number of primary amides is 2. The first kappa shape index (κ1) is 10.9. The van der Waals surface area contributed by atoms with E-state index in [4.69, 9.17) is 11.5 Å². The predicted octanol–water partition coefficient (Wildman–Crippen LogP) is 0.00940. The summed E-state index contributed by atoms with van der Waals surface area (Å²) in [5.41, 5.74) is 10.2. The molecule has 0 rings (SSSR count). The quantitative estimate of drug-likeness (QED) is 0.612. The fourth-order valence-corrected chi connectivity index (χ4v) is 1.15. The van der Waals surface area contributed by atoms with Gasteiger partial charge in [-0.2, -0.15) is 0 Å². The predicted molar refractivity (Wildman–Crippen MR) is 46.0 cm³/mol. The molecular weight excluding hydrogens is 156 g/mol. The number of nitrogens with two attached hydrogens (primary N) is 2. The molecular formula is C8H16N2O2. The van der Waals surface area contributed by atoms with Crippen molar-refractivity contribution in [1.29, 1.82) is 0 Å². The van der Waals surface area contributed by atoms with Crippen LogP contribution >= 0.6 is 0 Å². The standard InChI is InChI=1S/C8H16N2O2/c1-3-4-6(8(10)12)5(2)7(9)11/h5-6H,3-4H2,1-2H3,(H2,9,11)(H2,10,12). The summed E-state index contributed by atoms with van der Waals surface area (Å²) in [6.07, 6.45) is 1.45. The fourth-order valence-electron chi connectivity index (χ4n) is 1.15. The summed E-state index contributed by atoms with van der Waals surface area (Å²) in [6.45, 7) is 3.57. The molecule has 0 heterocycles. The van der Waals surface area contributed by atoms with Crippen LogP contribution in [-0.2, 0) is 9.59 Å². The summed E-state index contributed by atoms with van der Waals surface area (Å²) in [5, 5.41) is 0. The van der Waals surface area contributed by atoms with Gasteiger partial charge in [0.2, 0.25) is 11.8 Å². The second kappa shape index (κ2) is 4.74. The topological polar surface area (TPSA) is 86.2 Å². The maximum Gasteiger partial charge on any atom is 0.221 e. The monoisotopic (exact) mass is 172 g/mol. The minimum Gasteiger partial charge on any atom is -0.369 e. The van der Waals surface area contributed by atoms with Crippen LogP contribution in [0.2, 0.25) is 0 Å². The molecule has 0 saturated carbocycles. The van der Waals surface area contributed by atoms with Crippen molar-refractivity contribution in [3.05, 3.63) is 0 Å². The Bertz CT molecular complexity index is 180. The third-order valence-electron chi connectivity index (χ3n) is 2.02. The van der Waals surface area contributed by atoms with Gasteiger partial charge in [0.25, 0.3) is 0 Å². The van der Waals surface area contributed by atoms with Crippen LogP contribution in [0.1, 0.15) is 26.7 Å². The molecule has 0 spiro atoms. The van der Waals surface area contributed by atoms with Crippen LogP contribution in [0.5, 0.6) is 0 Å². The van der Waals surface area contributed by atoms with Crippen LogP contribution < -0.4 is 11.5 Å². The zero-order valence-corrected chi connectivity index (χ0v) is 7.54. The molecule has 2 amide bonds. The van der Waals surface area contributed by atoms with E-state index < -0.39 is 23.7 Å². The Balaban J connectivity index is 4.28. The molecule has 2 unspecified atom stereocenters. The number of rotatable bonds is 5. The molecule has 4 heteroatoms. The lowest BCUT2D eigenvalue weighted by Crippen LogP contribution is -2.35. The average molecular weight is 172 g/mol. The Morgan fingerprint density at radius 3 is 2.00 bits per heavy atom. The highest BCUT2D eigenvalue weighted by molar-refractivity contribution is 5.85. The summed E-state index contributed by atoms with van der Waals surface area (Å²) in [6, 6.07) is 0. The van der Waals surface area contributed by atoms with Crippen LogP contribution in [0.3, 0.4) is 0 Å². The van der Waals surface area contributed by atoms with Gasteiger partial charge in [0.05, 0.1) is 0 Å². The minimum absolute atomic E-state index is 0.410. The van der Waals surface area contributed by atoms with Gasteiger partial charge in [0.15, 0.2) is 0 Å². The second-order valence-corrected chi connectivity index (χ2v) is 2.99. The van der Waals surface area contributed by atoms with E-state index in [1.54, 1.807) is 6.92 Å². The van der Waals surface area contributed by atoms with E-state index in [1.165, 1.54) is 0 Å². The molecule has 0 aromatic carbocycles. The summed E-state index contributed by atoms with van der Waals surface area (Å²) < 4.78 is 0. The number of carbonyl (C=O) groups excluding carboxylic acids is 2. The molecule has 0 aromatic heterocycles. The Hall–Kier alpha value is -1.06. The first-order valence-corrected chi connectivity index (χ1v) is 4.09. The first-order valence-electron chi connectivity index (χ1n) is 4.09. The van der Waals surface area contributed by atoms with Crippen molar-refractivity contribution in [3.63, 3.8) is 0 Å². The average Bonchev–Trinajstić information content (AvgIpc) is 1.98. The minimum atomic E-state index is -0.466. The number of hydrogen-bond acceptors (Lipinski definition) is 2. The molecule has 0 aliphatic rings. The summed E-state index contributed by atoms with van der Waals surface area (Å²) in [4.78, 5) is 21.6. The van der Waals surface area contributed by atoms with Crippen molar-refractivity contribution in [1.82, 2.24) is 0 Å². The van der Waals surface area contributed by atoms with Gasteiger partial charge in [0, 0.05) is 11.8 Å². The van der Waals surface area contributed by atoms with Crippen molar-refractivity contribution in [2.75, 3.05) is 0 Å². The molecule has 0 aliphatic carbocycles.